The van der Waals surface area contributed by atoms with Crippen molar-refractivity contribution in [1.82, 2.24) is 19.1 Å². The molecule has 0 bridgehead atoms. The van der Waals surface area contributed by atoms with Crippen molar-refractivity contribution in [3.63, 3.8) is 0 Å². The second-order valence-corrected chi connectivity index (χ2v) is 15.8. The van der Waals surface area contributed by atoms with Crippen LogP contribution in [0.3, 0.4) is 0 Å². The van der Waals surface area contributed by atoms with E-state index in [4.69, 9.17) is 9.97 Å². The summed E-state index contributed by atoms with van der Waals surface area (Å²) < 4.78 is 4.74. The first-order valence-electron chi connectivity index (χ1n) is 19.7. The van der Waals surface area contributed by atoms with Gasteiger partial charge in [-0.2, -0.15) is 0 Å². The molecular formula is C53H36N4. The molecule has 0 aliphatic heterocycles. The van der Waals surface area contributed by atoms with E-state index in [1.165, 1.54) is 66.0 Å². The summed E-state index contributed by atoms with van der Waals surface area (Å²) in [5, 5.41) is 5.90. The van der Waals surface area contributed by atoms with Crippen molar-refractivity contribution in [3.05, 3.63) is 193 Å². The molecule has 4 heteroatoms. The maximum Gasteiger partial charge on any atom is 0.235 e. The van der Waals surface area contributed by atoms with Crippen LogP contribution in [0.25, 0.3) is 99.7 Å². The molecule has 0 fully saturated rings. The van der Waals surface area contributed by atoms with Crippen molar-refractivity contribution in [2.75, 3.05) is 0 Å². The lowest BCUT2D eigenvalue weighted by molar-refractivity contribution is 0.661. The lowest BCUT2D eigenvalue weighted by Gasteiger charge is -2.23. The predicted molar refractivity (Wildman–Crippen MR) is 237 cm³/mol. The van der Waals surface area contributed by atoms with Gasteiger partial charge < -0.3 is 4.57 Å². The Kier molecular flexibility index (Phi) is 6.65. The predicted octanol–water partition coefficient (Wildman–Crippen LogP) is 13.5. The minimum atomic E-state index is -0.233. The van der Waals surface area contributed by atoms with E-state index < -0.39 is 0 Å². The van der Waals surface area contributed by atoms with E-state index in [1.807, 2.05) is 0 Å². The van der Waals surface area contributed by atoms with Crippen LogP contribution in [0.1, 0.15) is 25.0 Å². The Hall–Kier alpha value is -7.30. The van der Waals surface area contributed by atoms with Gasteiger partial charge in [0.1, 0.15) is 0 Å². The van der Waals surface area contributed by atoms with E-state index in [2.05, 4.69) is 205 Å². The molecule has 1 aliphatic rings. The van der Waals surface area contributed by atoms with Crippen molar-refractivity contribution >= 4 is 54.5 Å². The Labute approximate surface area is 329 Å². The van der Waals surface area contributed by atoms with Crippen LogP contribution in [0.15, 0.2) is 182 Å². The number of aromatic nitrogens is 4. The van der Waals surface area contributed by atoms with Gasteiger partial charge in [-0.25, -0.2) is 9.97 Å². The van der Waals surface area contributed by atoms with Crippen LogP contribution in [0.5, 0.6) is 0 Å². The van der Waals surface area contributed by atoms with Crippen molar-refractivity contribution in [2.24, 2.45) is 0 Å². The molecule has 0 saturated carbocycles. The average Bonchev–Trinajstić information content (AvgIpc) is 3.87. The SMILES string of the molecule is CC1(C)c2ccccc2-c2c1cc(-c1ccc3c(c1)c1ccccc1n3-c1ccccc1)c1c3ccccc3n(-c3nc(-c4ccccc4)c4ccccc4n3)c21. The van der Waals surface area contributed by atoms with Crippen LogP contribution in [0, 0.1) is 0 Å². The summed E-state index contributed by atoms with van der Waals surface area (Å²) in [6.45, 7) is 4.74. The molecule has 0 N–H and O–H groups in total. The summed E-state index contributed by atoms with van der Waals surface area (Å²) in [4.78, 5) is 10.9. The molecular weight excluding hydrogens is 693 g/mol. The highest BCUT2D eigenvalue weighted by molar-refractivity contribution is 6.22. The van der Waals surface area contributed by atoms with Gasteiger partial charge in [0, 0.05) is 49.2 Å². The third-order valence-corrected chi connectivity index (χ3v) is 12.3. The van der Waals surface area contributed by atoms with Crippen molar-refractivity contribution < 1.29 is 0 Å². The first-order chi connectivity index (χ1) is 28.1. The van der Waals surface area contributed by atoms with Crippen LogP contribution in [0.4, 0.5) is 0 Å². The van der Waals surface area contributed by atoms with E-state index in [0.29, 0.717) is 5.95 Å². The van der Waals surface area contributed by atoms with Crippen LogP contribution < -0.4 is 0 Å². The highest BCUT2D eigenvalue weighted by atomic mass is 15.2. The molecule has 57 heavy (non-hydrogen) atoms. The van der Waals surface area contributed by atoms with E-state index >= 15 is 0 Å². The fraction of sp³-hybridized carbons (Fsp3) is 0.0566. The third kappa shape index (κ3) is 4.50. The molecule has 0 unspecified atom stereocenters. The van der Waals surface area contributed by atoms with Gasteiger partial charge in [-0.1, -0.05) is 147 Å². The molecule has 0 spiro atoms. The van der Waals surface area contributed by atoms with Crippen molar-refractivity contribution in [3.8, 4) is 45.1 Å². The number of nitrogens with zero attached hydrogens (tertiary/aromatic N) is 4. The zero-order chi connectivity index (χ0) is 37.8. The minimum absolute atomic E-state index is 0.233. The quantitative estimate of drug-likeness (QED) is 0.181. The molecule has 0 saturated heterocycles. The zero-order valence-corrected chi connectivity index (χ0v) is 31.6. The highest BCUT2D eigenvalue weighted by Gasteiger charge is 2.39. The standard InChI is InChI=1S/C53H36N4/c1-53(2)42-25-13-9-22-37(42)49-43(53)32-40(34-29-30-47-41(31-34)36-21-11-15-27-45(36)56(47)35-19-7-4-8-20-35)48-39-24-12-16-28-46(39)57(51(48)49)52-54-44-26-14-10-23-38(44)50(55-52)33-17-5-3-6-18-33/h3-32H,1-2H3. The molecule has 0 atom stereocenters. The average molecular weight is 729 g/mol. The lowest BCUT2D eigenvalue weighted by atomic mass is 9.81. The van der Waals surface area contributed by atoms with Gasteiger partial charge in [0.15, 0.2) is 0 Å². The third-order valence-electron chi connectivity index (χ3n) is 12.3. The van der Waals surface area contributed by atoms with Crippen molar-refractivity contribution in [2.45, 2.75) is 19.3 Å². The Morgan fingerprint density at radius 2 is 1.07 bits per heavy atom. The minimum Gasteiger partial charge on any atom is -0.309 e. The Morgan fingerprint density at radius 3 is 1.88 bits per heavy atom. The number of para-hydroxylation sites is 4. The van der Waals surface area contributed by atoms with E-state index in [0.717, 1.165) is 38.9 Å². The largest absolute Gasteiger partial charge is 0.309 e. The summed E-state index contributed by atoms with van der Waals surface area (Å²) >= 11 is 0. The Bertz CT molecular complexity index is 3420. The highest BCUT2D eigenvalue weighted by Crippen LogP contribution is 2.55. The Balaban J connectivity index is 1.23. The zero-order valence-electron chi connectivity index (χ0n) is 31.6. The van der Waals surface area contributed by atoms with Crippen LogP contribution >= 0.6 is 0 Å². The van der Waals surface area contributed by atoms with Gasteiger partial charge in [-0.05, 0) is 76.3 Å². The summed E-state index contributed by atoms with van der Waals surface area (Å²) in [6.07, 6.45) is 0. The van der Waals surface area contributed by atoms with Crippen LogP contribution in [-0.2, 0) is 5.41 Å². The van der Waals surface area contributed by atoms with Gasteiger partial charge in [0.05, 0.1) is 33.3 Å². The number of fused-ring (bicyclic) bond motifs is 11. The molecule has 3 heterocycles. The topological polar surface area (TPSA) is 35.6 Å². The van der Waals surface area contributed by atoms with E-state index in [1.54, 1.807) is 0 Å². The molecule has 4 nitrogen and oxygen atoms in total. The normalized spacial score (nSPS) is 13.2. The summed E-state index contributed by atoms with van der Waals surface area (Å²) in [6, 6.07) is 65.6. The van der Waals surface area contributed by atoms with Gasteiger partial charge >= 0.3 is 0 Å². The van der Waals surface area contributed by atoms with Gasteiger partial charge in [0.25, 0.3) is 0 Å². The monoisotopic (exact) mass is 728 g/mol. The fourth-order valence-corrected chi connectivity index (χ4v) is 9.73. The molecule has 12 rings (SSSR count). The van der Waals surface area contributed by atoms with Gasteiger partial charge in [0.2, 0.25) is 5.95 Å². The van der Waals surface area contributed by atoms with Gasteiger partial charge in [-0.15, -0.1) is 0 Å². The molecule has 0 radical (unpaired) electrons. The Morgan fingerprint density at radius 1 is 0.439 bits per heavy atom. The molecule has 3 aromatic heterocycles. The number of benzene rings is 8. The second-order valence-electron chi connectivity index (χ2n) is 15.8. The maximum atomic E-state index is 5.49. The second kappa shape index (κ2) is 11.8. The molecule has 8 aromatic carbocycles. The van der Waals surface area contributed by atoms with Crippen LogP contribution in [0.2, 0.25) is 0 Å². The number of hydrogen-bond donors (Lipinski definition) is 0. The van der Waals surface area contributed by atoms with E-state index in [-0.39, 0.29) is 5.41 Å². The molecule has 268 valence electrons. The summed E-state index contributed by atoms with van der Waals surface area (Å²) in [5.41, 5.74) is 16.0. The van der Waals surface area contributed by atoms with E-state index in [9.17, 15) is 0 Å². The first-order valence-corrected chi connectivity index (χ1v) is 19.7. The lowest BCUT2D eigenvalue weighted by Crippen LogP contribution is -2.15. The number of hydrogen-bond acceptors (Lipinski definition) is 2. The maximum absolute atomic E-state index is 5.49. The summed E-state index contributed by atoms with van der Waals surface area (Å²) in [7, 11) is 0. The number of rotatable bonds is 4. The summed E-state index contributed by atoms with van der Waals surface area (Å²) in [5.74, 6) is 0.668. The smallest absolute Gasteiger partial charge is 0.235 e. The van der Waals surface area contributed by atoms with Crippen molar-refractivity contribution in [1.29, 1.82) is 0 Å². The molecule has 11 aromatic rings. The fourth-order valence-electron chi connectivity index (χ4n) is 9.73. The van der Waals surface area contributed by atoms with Gasteiger partial charge in [-0.3, -0.25) is 4.57 Å². The van der Waals surface area contributed by atoms with Crippen LogP contribution in [-0.4, -0.2) is 19.1 Å². The molecule has 0 amide bonds. The molecule has 1 aliphatic carbocycles. The first kappa shape index (κ1) is 32.0.